The van der Waals surface area contributed by atoms with Crippen LogP contribution < -0.4 is 0 Å². The van der Waals surface area contributed by atoms with Crippen molar-refractivity contribution in [3.63, 3.8) is 0 Å². The predicted molar refractivity (Wildman–Crippen MR) is 110 cm³/mol. The summed E-state index contributed by atoms with van der Waals surface area (Å²) in [6, 6.07) is 12.8. The minimum atomic E-state index is -4.50. The Hall–Kier alpha value is -3.07. The number of likely N-dealkylation sites (N-methyl/N-ethyl adjacent to an activating group) is 1. The smallest absolute Gasteiger partial charge is 0.406 e. The highest BCUT2D eigenvalue weighted by Crippen LogP contribution is 2.21. The van der Waals surface area contributed by atoms with Gasteiger partial charge in [0, 0.05) is 17.8 Å². The van der Waals surface area contributed by atoms with E-state index in [1.54, 1.807) is 24.1 Å². The molecule has 31 heavy (non-hydrogen) atoms. The number of benzene rings is 1. The van der Waals surface area contributed by atoms with E-state index in [1.165, 1.54) is 6.26 Å². The van der Waals surface area contributed by atoms with Gasteiger partial charge in [0.25, 0.3) is 0 Å². The average Bonchev–Trinajstić information content (AvgIpc) is 3.30. The fraction of sp³-hybridized carbons (Fsp3) is 0.364. The molecule has 0 bridgehead atoms. The number of hydrogen-bond acceptors (Lipinski definition) is 4. The SMILES string of the molecule is Cc1nn(-c2ccccc2)c(C)c1CN(C)CC(=O)N(Cc1ccco1)CC(F)(F)F. The van der Waals surface area contributed by atoms with Gasteiger partial charge in [-0.25, -0.2) is 4.68 Å². The molecule has 0 radical (unpaired) electrons. The van der Waals surface area contributed by atoms with Crippen molar-refractivity contribution in [1.29, 1.82) is 0 Å². The van der Waals surface area contributed by atoms with Crippen molar-refractivity contribution in [2.45, 2.75) is 33.1 Å². The van der Waals surface area contributed by atoms with Crippen LogP contribution >= 0.6 is 0 Å². The monoisotopic (exact) mass is 434 g/mol. The van der Waals surface area contributed by atoms with Gasteiger partial charge in [-0.15, -0.1) is 0 Å². The van der Waals surface area contributed by atoms with Gasteiger partial charge in [-0.2, -0.15) is 18.3 Å². The van der Waals surface area contributed by atoms with E-state index in [1.807, 2.05) is 48.9 Å². The van der Waals surface area contributed by atoms with Crippen LogP contribution in [0.5, 0.6) is 0 Å². The van der Waals surface area contributed by atoms with Crippen molar-refractivity contribution in [3.8, 4) is 5.69 Å². The summed E-state index contributed by atoms with van der Waals surface area (Å²) in [5.41, 5.74) is 3.59. The molecule has 0 saturated carbocycles. The molecule has 3 aromatic rings. The highest BCUT2D eigenvalue weighted by molar-refractivity contribution is 5.78. The van der Waals surface area contributed by atoms with Crippen molar-refractivity contribution in [2.75, 3.05) is 20.1 Å². The Morgan fingerprint density at radius 1 is 1.10 bits per heavy atom. The third kappa shape index (κ3) is 5.97. The molecule has 166 valence electrons. The molecule has 0 aliphatic carbocycles. The van der Waals surface area contributed by atoms with E-state index in [9.17, 15) is 18.0 Å². The first-order chi connectivity index (χ1) is 14.6. The lowest BCUT2D eigenvalue weighted by molar-refractivity contribution is -0.163. The second-order valence-electron chi connectivity index (χ2n) is 7.51. The van der Waals surface area contributed by atoms with Gasteiger partial charge in [0.15, 0.2) is 0 Å². The number of furan rings is 1. The number of aromatic nitrogens is 2. The number of aryl methyl sites for hydroxylation is 1. The van der Waals surface area contributed by atoms with Crippen molar-refractivity contribution in [2.24, 2.45) is 0 Å². The van der Waals surface area contributed by atoms with Crippen LogP contribution in [0.1, 0.15) is 22.7 Å². The summed E-state index contributed by atoms with van der Waals surface area (Å²) in [5.74, 6) is -0.321. The van der Waals surface area contributed by atoms with E-state index in [0.29, 0.717) is 12.3 Å². The molecule has 0 spiro atoms. The molecule has 0 N–H and O–H groups in total. The van der Waals surface area contributed by atoms with Crippen molar-refractivity contribution >= 4 is 5.91 Å². The molecule has 9 heteroatoms. The summed E-state index contributed by atoms with van der Waals surface area (Å²) in [5, 5.41) is 4.58. The number of para-hydroxylation sites is 1. The number of alkyl halides is 3. The lowest BCUT2D eigenvalue weighted by Crippen LogP contribution is -2.43. The van der Waals surface area contributed by atoms with Gasteiger partial charge in [-0.05, 0) is 45.2 Å². The highest BCUT2D eigenvalue weighted by Gasteiger charge is 2.33. The standard InChI is InChI=1S/C22H25F3N4O2/c1-16-20(17(2)29(26-16)18-8-5-4-6-9-18)13-27(3)14-21(30)28(15-22(23,24)25)12-19-10-7-11-31-19/h4-11H,12-15H2,1-3H3. The maximum absolute atomic E-state index is 13.0. The summed E-state index contributed by atoms with van der Waals surface area (Å²) in [6.45, 7) is 2.48. The van der Waals surface area contributed by atoms with Crippen LogP contribution in [0.25, 0.3) is 5.69 Å². The first-order valence-corrected chi connectivity index (χ1v) is 9.80. The molecule has 0 fully saturated rings. The third-order valence-corrected chi connectivity index (χ3v) is 4.92. The van der Waals surface area contributed by atoms with Crippen molar-refractivity contribution in [1.82, 2.24) is 19.6 Å². The van der Waals surface area contributed by atoms with Crippen LogP contribution in [-0.4, -0.2) is 51.8 Å². The van der Waals surface area contributed by atoms with Gasteiger partial charge in [0.2, 0.25) is 5.91 Å². The lowest BCUT2D eigenvalue weighted by Gasteiger charge is -2.26. The van der Waals surface area contributed by atoms with Crippen LogP contribution in [0.3, 0.4) is 0 Å². The van der Waals surface area contributed by atoms with Crippen molar-refractivity contribution < 1.29 is 22.4 Å². The van der Waals surface area contributed by atoms with Gasteiger partial charge < -0.3 is 9.32 Å². The Kier molecular flexibility index (Phi) is 6.84. The Labute approximate surface area is 178 Å². The van der Waals surface area contributed by atoms with Gasteiger partial charge in [0.05, 0.1) is 30.7 Å². The summed E-state index contributed by atoms with van der Waals surface area (Å²) in [4.78, 5) is 15.1. The molecule has 2 aromatic heterocycles. The summed E-state index contributed by atoms with van der Waals surface area (Å²) in [6.07, 6.45) is -3.13. The Bertz CT molecular complexity index is 998. The topological polar surface area (TPSA) is 54.5 Å². The van der Waals surface area contributed by atoms with Crippen LogP contribution in [0.4, 0.5) is 13.2 Å². The number of hydrogen-bond donors (Lipinski definition) is 0. The Morgan fingerprint density at radius 3 is 2.42 bits per heavy atom. The molecule has 2 heterocycles. The minimum absolute atomic E-state index is 0.161. The van der Waals surface area contributed by atoms with E-state index in [0.717, 1.165) is 27.5 Å². The second-order valence-corrected chi connectivity index (χ2v) is 7.51. The van der Waals surface area contributed by atoms with Crippen LogP contribution in [0.15, 0.2) is 53.1 Å². The Morgan fingerprint density at radius 2 is 1.81 bits per heavy atom. The highest BCUT2D eigenvalue weighted by atomic mass is 19.4. The number of carbonyl (C=O) groups excluding carboxylic acids is 1. The zero-order chi connectivity index (χ0) is 22.6. The van der Waals surface area contributed by atoms with E-state index < -0.39 is 18.6 Å². The quantitative estimate of drug-likeness (QED) is 0.536. The molecule has 6 nitrogen and oxygen atoms in total. The lowest BCUT2D eigenvalue weighted by atomic mass is 10.2. The largest absolute Gasteiger partial charge is 0.467 e. The van der Waals surface area contributed by atoms with Gasteiger partial charge >= 0.3 is 6.18 Å². The molecular formula is C22H25F3N4O2. The zero-order valence-corrected chi connectivity index (χ0v) is 17.7. The molecule has 0 aliphatic rings. The van der Waals surface area contributed by atoms with Crippen molar-refractivity contribution in [3.05, 3.63) is 71.4 Å². The van der Waals surface area contributed by atoms with Gasteiger partial charge in [-0.1, -0.05) is 18.2 Å². The summed E-state index contributed by atoms with van der Waals surface area (Å²) in [7, 11) is 1.70. The van der Waals surface area contributed by atoms with E-state index in [-0.39, 0.29) is 13.1 Å². The van der Waals surface area contributed by atoms with E-state index in [4.69, 9.17) is 4.42 Å². The van der Waals surface area contributed by atoms with Crippen LogP contribution in [-0.2, 0) is 17.9 Å². The number of nitrogens with zero attached hydrogens (tertiary/aromatic N) is 4. The fourth-order valence-electron chi connectivity index (χ4n) is 3.42. The zero-order valence-electron chi connectivity index (χ0n) is 17.7. The predicted octanol–water partition coefficient (Wildman–Crippen LogP) is 4.11. The van der Waals surface area contributed by atoms with E-state index >= 15 is 0 Å². The molecule has 0 unspecified atom stereocenters. The molecule has 0 saturated heterocycles. The minimum Gasteiger partial charge on any atom is -0.467 e. The fourth-order valence-corrected chi connectivity index (χ4v) is 3.42. The number of rotatable bonds is 8. The first-order valence-electron chi connectivity index (χ1n) is 9.80. The number of halogens is 3. The maximum Gasteiger partial charge on any atom is 0.406 e. The van der Waals surface area contributed by atoms with Gasteiger partial charge in [0.1, 0.15) is 12.3 Å². The molecule has 0 atom stereocenters. The van der Waals surface area contributed by atoms with E-state index in [2.05, 4.69) is 5.10 Å². The second kappa shape index (κ2) is 9.38. The molecule has 1 aromatic carbocycles. The number of amides is 1. The first kappa shape index (κ1) is 22.6. The molecule has 3 rings (SSSR count). The van der Waals surface area contributed by atoms with Crippen LogP contribution in [0.2, 0.25) is 0 Å². The average molecular weight is 434 g/mol. The summed E-state index contributed by atoms with van der Waals surface area (Å²) < 4.78 is 45.9. The van der Waals surface area contributed by atoms with Crippen LogP contribution in [0, 0.1) is 13.8 Å². The Balaban J connectivity index is 1.70. The molecule has 1 amide bonds. The maximum atomic E-state index is 13.0. The number of carbonyl (C=O) groups is 1. The third-order valence-electron chi connectivity index (χ3n) is 4.92. The summed E-state index contributed by atoms with van der Waals surface area (Å²) >= 11 is 0. The normalized spacial score (nSPS) is 11.8. The molecule has 0 aliphatic heterocycles. The molecular weight excluding hydrogens is 409 g/mol. The van der Waals surface area contributed by atoms with Gasteiger partial charge in [-0.3, -0.25) is 9.69 Å².